The van der Waals surface area contributed by atoms with E-state index in [0.29, 0.717) is 44.5 Å². The van der Waals surface area contributed by atoms with Crippen molar-refractivity contribution in [2.45, 2.75) is 57.8 Å². The van der Waals surface area contributed by atoms with E-state index in [2.05, 4.69) is 101 Å². The minimum absolute atomic E-state index is 0.0149. The summed E-state index contributed by atoms with van der Waals surface area (Å²) in [7, 11) is 0. The second kappa shape index (κ2) is 21.2. The lowest BCUT2D eigenvalue weighted by Crippen LogP contribution is -2.19. The SMILES string of the molecule is N=[N+]=C(C1=CCCC=C1)c1ccc(COCCC(CCOCCc2ccc(C(=[N+]=N)c3ccccc3)cc2)OCc2ccc(Cc3ccccc3)cc2)cc1. The number of allylic oxidation sites excluding steroid dienone is 4. The van der Waals surface area contributed by atoms with Crippen LogP contribution >= 0.6 is 0 Å². The van der Waals surface area contributed by atoms with Crippen LogP contribution in [-0.2, 0) is 40.3 Å². The molecule has 1 atom stereocenters. The number of hydrogen-bond acceptors (Lipinski definition) is 5. The van der Waals surface area contributed by atoms with E-state index in [-0.39, 0.29) is 6.10 Å². The molecule has 5 aromatic rings. The van der Waals surface area contributed by atoms with Crippen molar-refractivity contribution in [3.05, 3.63) is 202 Å². The molecule has 0 saturated carbocycles. The fourth-order valence-electron chi connectivity index (χ4n) is 6.59. The first-order valence-corrected chi connectivity index (χ1v) is 19.2. The smallest absolute Gasteiger partial charge is 0.379 e. The molecular weight excluding hydrogens is 681 g/mol. The van der Waals surface area contributed by atoms with Crippen LogP contribution in [-0.4, -0.2) is 46.9 Å². The summed E-state index contributed by atoms with van der Waals surface area (Å²) >= 11 is 0. The number of rotatable bonds is 20. The highest BCUT2D eigenvalue weighted by Gasteiger charge is 2.20. The van der Waals surface area contributed by atoms with Crippen LogP contribution in [0.5, 0.6) is 0 Å². The molecule has 0 aromatic heterocycles. The van der Waals surface area contributed by atoms with Crippen LogP contribution in [0, 0.1) is 11.1 Å². The van der Waals surface area contributed by atoms with E-state index >= 15 is 0 Å². The molecule has 1 aliphatic rings. The van der Waals surface area contributed by atoms with E-state index in [9.17, 15) is 0 Å². The molecule has 0 amide bonds. The first kappa shape index (κ1) is 38.9. The van der Waals surface area contributed by atoms with E-state index in [4.69, 9.17) is 25.3 Å². The van der Waals surface area contributed by atoms with Gasteiger partial charge in [-0.2, -0.15) is 0 Å². The van der Waals surface area contributed by atoms with Crippen molar-refractivity contribution in [3.63, 3.8) is 0 Å². The highest BCUT2D eigenvalue weighted by Crippen LogP contribution is 2.18. The van der Waals surface area contributed by atoms with E-state index in [1.165, 1.54) is 16.7 Å². The van der Waals surface area contributed by atoms with Crippen molar-refractivity contribution in [2.24, 2.45) is 0 Å². The molecule has 1 aliphatic carbocycles. The Hall–Kier alpha value is -5.78. The molecule has 0 fully saturated rings. The minimum atomic E-state index is -0.0149. The number of ether oxygens (including phenoxy) is 3. The van der Waals surface area contributed by atoms with Crippen LogP contribution in [0.2, 0.25) is 0 Å². The van der Waals surface area contributed by atoms with Gasteiger partial charge in [-0.1, -0.05) is 115 Å². The van der Waals surface area contributed by atoms with E-state index in [0.717, 1.165) is 71.9 Å². The van der Waals surface area contributed by atoms with Crippen molar-refractivity contribution in [2.75, 3.05) is 19.8 Å². The third-order valence-corrected chi connectivity index (χ3v) is 9.73. The zero-order valence-electron chi connectivity index (χ0n) is 31.4. The van der Waals surface area contributed by atoms with Crippen molar-refractivity contribution in [1.82, 2.24) is 0 Å². The molecule has 55 heavy (non-hydrogen) atoms. The largest absolute Gasteiger partial charge is 0.381 e. The van der Waals surface area contributed by atoms with Gasteiger partial charge in [0, 0.05) is 13.2 Å². The first-order chi connectivity index (χ1) is 27.2. The second-order valence-electron chi connectivity index (χ2n) is 13.7. The minimum Gasteiger partial charge on any atom is -0.381 e. The highest BCUT2D eigenvalue weighted by atomic mass is 16.5. The van der Waals surface area contributed by atoms with Gasteiger partial charge in [0.15, 0.2) is 0 Å². The Morgan fingerprint density at radius 3 is 1.73 bits per heavy atom. The molecule has 6 rings (SSSR count). The van der Waals surface area contributed by atoms with Gasteiger partial charge >= 0.3 is 11.4 Å². The Kier molecular flexibility index (Phi) is 15.0. The van der Waals surface area contributed by atoms with Gasteiger partial charge in [-0.15, -0.1) is 0 Å². The van der Waals surface area contributed by atoms with Crippen molar-refractivity contribution >= 4 is 11.4 Å². The fourth-order valence-corrected chi connectivity index (χ4v) is 6.59. The molecule has 7 nitrogen and oxygen atoms in total. The van der Waals surface area contributed by atoms with E-state index in [1.807, 2.05) is 60.7 Å². The predicted molar refractivity (Wildman–Crippen MR) is 217 cm³/mol. The van der Waals surface area contributed by atoms with Gasteiger partial charge in [-0.25, -0.2) is 0 Å². The van der Waals surface area contributed by atoms with Crippen LogP contribution in [0.25, 0.3) is 0 Å². The lowest BCUT2D eigenvalue weighted by atomic mass is 9.97. The van der Waals surface area contributed by atoms with Gasteiger partial charge in [-0.05, 0) is 103 Å². The molecule has 5 aromatic carbocycles. The van der Waals surface area contributed by atoms with Crippen molar-refractivity contribution in [1.29, 1.82) is 11.1 Å². The topological polar surface area (TPSA) is 104 Å². The molecule has 0 spiro atoms. The summed E-state index contributed by atoms with van der Waals surface area (Å²) in [5.41, 5.74) is 26.6. The Bertz CT molecular complexity index is 2100. The van der Waals surface area contributed by atoms with Gasteiger partial charge in [0.05, 0.1) is 68.8 Å². The third-order valence-electron chi connectivity index (χ3n) is 9.73. The van der Waals surface area contributed by atoms with Gasteiger partial charge in [0.1, 0.15) is 0 Å². The summed E-state index contributed by atoms with van der Waals surface area (Å²) < 4.78 is 18.7. The predicted octanol–water partition coefficient (Wildman–Crippen LogP) is 9.80. The quantitative estimate of drug-likeness (QED) is 0.0361. The average Bonchev–Trinajstić information content (AvgIpc) is 3.24. The third kappa shape index (κ3) is 12.1. The lowest BCUT2D eigenvalue weighted by molar-refractivity contribution is -0.117. The number of nitrogens with one attached hydrogen (secondary N) is 2. The van der Waals surface area contributed by atoms with Crippen LogP contribution in [0.15, 0.2) is 157 Å². The van der Waals surface area contributed by atoms with Crippen molar-refractivity contribution < 1.29 is 23.8 Å². The molecule has 0 heterocycles. The standard InChI is InChI=1S/C48H50N4O3/c49-51-47(42-12-6-2-7-13-42)44-24-20-37(21-25-44)28-31-53-32-29-46(55-36-41-18-16-39(17-19-41)34-38-10-4-1-5-11-38)30-33-54-35-40-22-26-45(27-23-40)48(52-50)43-14-8-3-9-15-43/h1-2,4-8,10-27,46,49-50H,3,9,28-36H2/q+2. The molecular formula is C48H50N4O3+2. The molecule has 2 N–H and O–H groups in total. The van der Waals surface area contributed by atoms with E-state index in [1.54, 1.807) is 0 Å². The lowest BCUT2D eigenvalue weighted by Gasteiger charge is -2.19. The maximum Gasteiger partial charge on any atom is 0.379 e. The van der Waals surface area contributed by atoms with Gasteiger partial charge in [-0.3, -0.25) is 0 Å². The Labute approximate surface area is 324 Å². The van der Waals surface area contributed by atoms with E-state index < -0.39 is 0 Å². The molecule has 0 bridgehead atoms. The summed E-state index contributed by atoms with van der Waals surface area (Å²) in [4.78, 5) is 7.61. The summed E-state index contributed by atoms with van der Waals surface area (Å²) in [5, 5.41) is 0. The molecule has 0 radical (unpaired) electrons. The maximum atomic E-state index is 7.72. The molecule has 0 saturated heterocycles. The molecule has 0 aliphatic heterocycles. The average molecular weight is 731 g/mol. The molecule has 7 heteroatoms. The van der Waals surface area contributed by atoms with Crippen LogP contribution in [0.1, 0.15) is 70.2 Å². The van der Waals surface area contributed by atoms with Gasteiger partial charge in [0.25, 0.3) is 0 Å². The summed E-state index contributed by atoms with van der Waals surface area (Å²) in [6.07, 6.45) is 11.6. The first-order valence-electron chi connectivity index (χ1n) is 19.2. The normalized spacial score (nSPS) is 12.7. The van der Waals surface area contributed by atoms with Crippen LogP contribution in [0.4, 0.5) is 0 Å². The monoisotopic (exact) mass is 730 g/mol. The molecule has 278 valence electrons. The summed E-state index contributed by atoms with van der Waals surface area (Å²) in [5.74, 6) is 0. The Morgan fingerprint density at radius 1 is 0.527 bits per heavy atom. The fraction of sp³-hybridized carbons (Fsp3) is 0.250. The van der Waals surface area contributed by atoms with Crippen LogP contribution < -0.4 is 0 Å². The maximum absolute atomic E-state index is 7.72. The summed E-state index contributed by atoms with van der Waals surface area (Å²) in [6.45, 7) is 2.80. The number of benzene rings is 5. The van der Waals surface area contributed by atoms with Crippen LogP contribution in [0.3, 0.4) is 0 Å². The zero-order valence-corrected chi connectivity index (χ0v) is 31.4. The highest BCUT2D eigenvalue weighted by molar-refractivity contribution is 6.11. The second-order valence-corrected chi connectivity index (χ2v) is 13.7. The van der Waals surface area contributed by atoms with Gasteiger partial charge in [0.2, 0.25) is 0 Å². The number of hydrogen-bond donors (Lipinski definition) is 2. The Balaban J connectivity index is 0.981. The van der Waals surface area contributed by atoms with Crippen molar-refractivity contribution in [3.8, 4) is 0 Å². The number of nitrogens with zero attached hydrogens (tertiary/aromatic N) is 2. The van der Waals surface area contributed by atoms with Gasteiger partial charge < -0.3 is 14.2 Å². The Morgan fingerprint density at radius 2 is 1.07 bits per heavy atom. The molecule has 1 unspecified atom stereocenters. The zero-order chi connectivity index (χ0) is 37.9. The summed E-state index contributed by atoms with van der Waals surface area (Å²) in [6, 6.07) is 45.4.